The first-order chi connectivity index (χ1) is 12.0. The maximum absolute atomic E-state index is 12.6. The van der Waals surface area contributed by atoms with Crippen molar-refractivity contribution in [1.82, 2.24) is 10.0 Å². The van der Waals surface area contributed by atoms with Crippen molar-refractivity contribution >= 4 is 27.7 Å². The Morgan fingerprint density at radius 1 is 1.20 bits per heavy atom. The molecule has 25 heavy (non-hydrogen) atoms. The highest BCUT2D eigenvalue weighted by atomic mass is 32.2. The molecule has 0 bridgehead atoms. The fourth-order valence-corrected chi connectivity index (χ4v) is 4.82. The summed E-state index contributed by atoms with van der Waals surface area (Å²) in [7, 11) is -3.70. The van der Waals surface area contributed by atoms with Crippen LogP contribution in [0.3, 0.4) is 0 Å². The van der Waals surface area contributed by atoms with E-state index in [1.807, 2.05) is 6.26 Å². The van der Waals surface area contributed by atoms with Gasteiger partial charge in [0, 0.05) is 6.54 Å². The Morgan fingerprint density at radius 3 is 2.52 bits per heavy atom. The maximum atomic E-state index is 12.6. The minimum atomic E-state index is -3.70. The van der Waals surface area contributed by atoms with E-state index in [0.717, 1.165) is 18.6 Å². The molecule has 0 radical (unpaired) electrons. The van der Waals surface area contributed by atoms with Gasteiger partial charge in [-0.25, -0.2) is 8.42 Å². The number of hydrogen-bond acceptors (Lipinski definition) is 4. The summed E-state index contributed by atoms with van der Waals surface area (Å²) >= 11 is 1.60. The average Bonchev–Trinajstić information content (AvgIpc) is 2.64. The maximum Gasteiger partial charge on any atom is 0.241 e. The summed E-state index contributed by atoms with van der Waals surface area (Å²) in [5.41, 5.74) is 0. The molecule has 0 heterocycles. The predicted molar refractivity (Wildman–Crippen MR) is 103 cm³/mol. The molecule has 1 aromatic carbocycles. The summed E-state index contributed by atoms with van der Waals surface area (Å²) in [5.74, 6) is 1.02. The van der Waals surface area contributed by atoms with Crippen LogP contribution >= 0.6 is 11.8 Å². The fraction of sp³-hybridized carbons (Fsp3) is 0.611. The van der Waals surface area contributed by atoms with Crippen molar-refractivity contribution in [2.45, 2.75) is 49.5 Å². The van der Waals surface area contributed by atoms with Gasteiger partial charge < -0.3 is 5.32 Å². The highest BCUT2D eigenvalue weighted by molar-refractivity contribution is 7.98. The number of benzene rings is 1. The van der Waals surface area contributed by atoms with E-state index in [2.05, 4.69) is 10.0 Å². The van der Waals surface area contributed by atoms with Gasteiger partial charge in [0.05, 0.1) is 4.90 Å². The molecule has 0 spiro atoms. The topological polar surface area (TPSA) is 75.3 Å². The number of amides is 1. The van der Waals surface area contributed by atoms with Crippen molar-refractivity contribution in [2.24, 2.45) is 5.92 Å². The molecule has 7 heteroatoms. The lowest BCUT2D eigenvalue weighted by Gasteiger charge is -2.24. The van der Waals surface area contributed by atoms with Gasteiger partial charge in [0.1, 0.15) is 6.04 Å². The molecule has 1 saturated carbocycles. The highest BCUT2D eigenvalue weighted by Crippen LogP contribution is 2.22. The molecular formula is C18H28N2O3S2. The summed E-state index contributed by atoms with van der Waals surface area (Å²) in [4.78, 5) is 12.7. The molecule has 0 aliphatic heterocycles. The van der Waals surface area contributed by atoms with Gasteiger partial charge in [0.2, 0.25) is 15.9 Å². The number of hydrogen-bond donors (Lipinski definition) is 2. The van der Waals surface area contributed by atoms with Crippen molar-refractivity contribution in [3.63, 3.8) is 0 Å². The van der Waals surface area contributed by atoms with Crippen LogP contribution in [0.15, 0.2) is 35.2 Å². The van der Waals surface area contributed by atoms with E-state index in [4.69, 9.17) is 0 Å². The molecule has 0 aromatic heterocycles. The standard InChI is InChI=1S/C18H28N2O3S2/c1-24-13-12-17(18(21)19-14-15-8-4-2-5-9-15)20-25(22,23)16-10-6-3-7-11-16/h3,6-7,10-11,15,17,20H,2,4-5,8-9,12-14H2,1H3,(H,19,21). The Morgan fingerprint density at radius 2 is 1.88 bits per heavy atom. The smallest absolute Gasteiger partial charge is 0.241 e. The zero-order valence-corrected chi connectivity index (χ0v) is 16.4. The second kappa shape index (κ2) is 10.2. The van der Waals surface area contributed by atoms with Gasteiger partial charge in [-0.1, -0.05) is 37.5 Å². The molecule has 2 N–H and O–H groups in total. The first kappa shape index (κ1) is 20.3. The predicted octanol–water partition coefficient (Wildman–Crippen LogP) is 2.78. The van der Waals surface area contributed by atoms with E-state index in [0.29, 0.717) is 18.9 Å². The van der Waals surface area contributed by atoms with E-state index in [-0.39, 0.29) is 10.8 Å². The summed E-state index contributed by atoms with van der Waals surface area (Å²) in [5, 5.41) is 2.96. The SMILES string of the molecule is CSCCC(NS(=O)(=O)c1ccccc1)C(=O)NCC1CCCCC1. The van der Waals surface area contributed by atoms with Gasteiger partial charge in [0.15, 0.2) is 0 Å². The lowest BCUT2D eigenvalue weighted by atomic mass is 9.89. The third-order valence-corrected chi connectivity index (χ3v) is 6.70. The Balaban J connectivity index is 1.98. The van der Waals surface area contributed by atoms with E-state index < -0.39 is 16.1 Å². The Bertz CT molecular complexity index is 629. The van der Waals surface area contributed by atoms with Gasteiger partial charge in [0.25, 0.3) is 0 Å². The average molecular weight is 385 g/mol. The van der Waals surface area contributed by atoms with Gasteiger partial charge in [-0.3, -0.25) is 4.79 Å². The van der Waals surface area contributed by atoms with Gasteiger partial charge in [-0.05, 0) is 49.3 Å². The molecule has 2 rings (SSSR count). The first-order valence-corrected chi connectivity index (χ1v) is 11.7. The number of carbonyl (C=O) groups excluding carboxylic acids is 1. The fourth-order valence-electron chi connectivity index (χ4n) is 3.09. The third kappa shape index (κ3) is 6.64. The van der Waals surface area contributed by atoms with E-state index in [1.54, 1.807) is 30.0 Å². The zero-order chi connectivity index (χ0) is 18.1. The number of sulfonamides is 1. The molecule has 1 atom stereocenters. The van der Waals surface area contributed by atoms with Crippen LogP contribution in [0.25, 0.3) is 0 Å². The molecule has 1 aromatic rings. The third-order valence-electron chi connectivity index (χ3n) is 4.57. The minimum Gasteiger partial charge on any atom is -0.354 e. The van der Waals surface area contributed by atoms with Gasteiger partial charge in [-0.2, -0.15) is 16.5 Å². The van der Waals surface area contributed by atoms with Crippen LogP contribution < -0.4 is 10.0 Å². The van der Waals surface area contributed by atoms with Crippen molar-refractivity contribution in [3.8, 4) is 0 Å². The highest BCUT2D eigenvalue weighted by Gasteiger charge is 2.26. The summed E-state index contributed by atoms with van der Waals surface area (Å²) < 4.78 is 27.6. The molecule has 1 aliphatic carbocycles. The first-order valence-electron chi connectivity index (χ1n) is 8.87. The molecule has 0 saturated heterocycles. The number of rotatable bonds is 9. The Hall–Kier alpha value is -1.05. The van der Waals surface area contributed by atoms with Crippen LogP contribution in [0.5, 0.6) is 0 Å². The number of nitrogens with one attached hydrogen (secondary N) is 2. The second-order valence-corrected chi connectivity index (χ2v) is 9.22. The second-order valence-electron chi connectivity index (χ2n) is 6.52. The van der Waals surface area contributed by atoms with Crippen LogP contribution in [0.4, 0.5) is 0 Å². The van der Waals surface area contributed by atoms with E-state index >= 15 is 0 Å². The van der Waals surface area contributed by atoms with Crippen LogP contribution in [0.2, 0.25) is 0 Å². The quantitative estimate of drug-likeness (QED) is 0.686. The molecule has 5 nitrogen and oxygen atoms in total. The van der Waals surface area contributed by atoms with Crippen LogP contribution in [-0.2, 0) is 14.8 Å². The molecule has 1 aliphatic rings. The van der Waals surface area contributed by atoms with E-state index in [1.165, 1.54) is 31.4 Å². The molecular weight excluding hydrogens is 356 g/mol. The summed E-state index contributed by atoms with van der Waals surface area (Å²) in [6.45, 7) is 0.641. The van der Waals surface area contributed by atoms with Crippen molar-refractivity contribution < 1.29 is 13.2 Å². The molecule has 1 amide bonds. The van der Waals surface area contributed by atoms with Crippen molar-refractivity contribution in [3.05, 3.63) is 30.3 Å². The van der Waals surface area contributed by atoms with Gasteiger partial charge >= 0.3 is 0 Å². The number of carbonyl (C=O) groups is 1. The molecule has 1 unspecified atom stereocenters. The lowest BCUT2D eigenvalue weighted by molar-refractivity contribution is -0.123. The minimum absolute atomic E-state index is 0.184. The zero-order valence-electron chi connectivity index (χ0n) is 14.7. The van der Waals surface area contributed by atoms with Crippen molar-refractivity contribution in [1.29, 1.82) is 0 Å². The Labute approximate surface area is 155 Å². The summed E-state index contributed by atoms with van der Waals surface area (Å²) in [6, 6.07) is 7.45. The van der Waals surface area contributed by atoms with Crippen LogP contribution in [0, 0.1) is 5.92 Å². The van der Waals surface area contributed by atoms with Crippen LogP contribution in [0.1, 0.15) is 38.5 Å². The Kier molecular flexibility index (Phi) is 8.26. The van der Waals surface area contributed by atoms with Crippen molar-refractivity contribution in [2.75, 3.05) is 18.6 Å². The normalized spacial score (nSPS) is 17.2. The monoisotopic (exact) mass is 384 g/mol. The summed E-state index contributed by atoms with van der Waals surface area (Å²) in [6.07, 6.45) is 8.43. The van der Waals surface area contributed by atoms with Gasteiger partial charge in [-0.15, -0.1) is 0 Å². The number of thioether (sulfide) groups is 1. The van der Waals surface area contributed by atoms with E-state index in [9.17, 15) is 13.2 Å². The lowest BCUT2D eigenvalue weighted by Crippen LogP contribution is -2.48. The molecule has 140 valence electrons. The molecule has 1 fully saturated rings. The van der Waals surface area contributed by atoms with Crippen LogP contribution in [-0.4, -0.2) is 38.9 Å². The largest absolute Gasteiger partial charge is 0.354 e.